The second-order valence-electron chi connectivity index (χ2n) is 3.81. The molecule has 0 fully saturated rings. The molecule has 0 atom stereocenters. The van der Waals surface area contributed by atoms with Gasteiger partial charge in [0.15, 0.2) is 0 Å². The number of nitrogens with two attached hydrogens (primary N) is 1. The highest BCUT2D eigenvalue weighted by Gasteiger charge is 2.10. The van der Waals surface area contributed by atoms with Crippen LogP contribution in [0.3, 0.4) is 0 Å². The molecule has 90 valence electrons. The first-order valence-electron chi connectivity index (χ1n) is 5.27. The quantitative estimate of drug-likeness (QED) is 0.913. The largest absolute Gasteiger partial charge is 0.330 e. The zero-order valence-corrected chi connectivity index (χ0v) is 10.2. The Balaban J connectivity index is 2.34. The summed E-state index contributed by atoms with van der Waals surface area (Å²) >= 11 is 5.97. The van der Waals surface area contributed by atoms with E-state index in [-0.39, 0.29) is 5.82 Å². The van der Waals surface area contributed by atoms with Crippen molar-refractivity contribution in [3.05, 3.63) is 52.3 Å². The Bertz CT molecular complexity index is 516. The summed E-state index contributed by atoms with van der Waals surface area (Å²) in [6.45, 7) is 2.59. The van der Waals surface area contributed by atoms with Crippen LogP contribution in [0.15, 0.2) is 24.4 Å². The fraction of sp³-hybridized carbons (Fsp3) is 0.250. The minimum atomic E-state index is -0.306. The molecule has 0 unspecified atom stereocenters. The number of imidazole rings is 1. The molecule has 1 aromatic heterocycles. The lowest BCUT2D eigenvalue weighted by Crippen LogP contribution is -2.03. The number of halogens is 2. The third-order valence-corrected chi connectivity index (χ3v) is 2.98. The first kappa shape index (κ1) is 12.1. The Morgan fingerprint density at radius 3 is 2.82 bits per heavy atom. The number of aryl methyl sites for hydroxylation is 1. The van der Waals surface area contributed by atoms with Crippen LogP contribution in [0.2, 0.25) is 5.02 Å². The Morgan fingerprint density at radius 1 is 1.47 bits per heavy atom. The van der Waals surface area contributed by atoms with Gasteiger partial charge < -0.3 is 10.3 Å². The first-order chi connectivity index (χ1) is 8.11. The minimum absolute atomic E-state index is 0.306. The lowest BCUT2D eigenvalue weighted by Gasteiger charge is -2.08. The summed E-state index contributed by atoms with van der Waals surface area (Å²) in [6, 6.07) is 4.67. The van der Waals surface area contributed by atoms with Gasteiger partial charge in [-0.05, 0) is 19.1 Å². The highest BCUT2D eigenvalue weighted by molar-refractivity contribution is 6.31. The van der Waals surface area contributed by atoms with Gasteiger partial charge >= 0.3 is 0 Å². The molecule has 2 N–H and O–H groups in total. The third kappa shape index (κ3) is 2.48. The van der Waals surface area contributed by atoms with E-state index in [1.54, 1.807) is 12.1 Å². The van der Waals surface area contributed by atoms with Gasteiger partial charge in [0.2, 0.25) is 0 Å². The number of benzene rings is 1. The summed E-state index contributed by atoms with van der Waals surface area (Å²) in [5.41, 5.74) is 6.77. The van der Waals surface area contributed by atoms with Crippen molar-refractivity contribution < 1.29 is 4.39 Å². The number of hydrogen-bond acceptors (Lipinski definition) is 2. The molecule has 0 bridgehead atoms. The van der Waals surface area contributed by atoms with Crippen molar-refractivity contribution >= 4 is 11.6 Å². The van der Waals surface area contributed by atoms with Gasteiger partial charge in [-0.25, -0.2) is 9.37 Å². The van der Waals surface area contributed by atoms with Gasteiger partial charge in [-0.15, -0.1) is 0 Å². The first-order valence-corrected chi connectivity index (χ1v) is 5.65. The fourth-order valence-electron chi connectivity index (χ4n) is 1.69. The Hall–Kier alpha value is -1.39. The van der Waals surface area contributed by atoms with Gasteiger partial charge in [0.25, 0.3) is 0 Å². The van der Waals surface area contributed by atoms with Crippen LogP contribution in [-0.4, -0.2) is 9.55 Å². The van der Waals surface area contributed by atoms with Crippen LogP contribution in [0.25, 0.3) is 0 Å². The van der Waals surface area contributed by atoms with Crippen molar-refractivity contribution in [2.24, 2.45) is 5.73 Å². The maximum Gasteiger partial charge on any atom is 0.129 e. The van der Waals surface area contributed by atoms with Crippen molar-refractivity contribution in [1.29, 1.82) is 0 Å². The molecule has 1 aromatic carbocycles. The molecular weight excluding hydrogens is 241 g/mol. The average molecular weight is 254 g/mol. The van der Waals surface area contributed by atoms with Crippen LogP contribution < -0.4 is 5.73 Å². The van der Waals surface area contributed by atoms with Gasteiger partial charge in [-0.3, -0.25) is 0 Å². The smallest absolute Gasteiger partial charge is 0.129 e. The number of hydrogen-bond donors (Lipinski definition) is 1. The zero-order chi connectivity index (χ0) is 12.4. The Morgan fingerprint density at radius 2 is 2.24 bits per heavy atom. The highest BCUT2D eigenvalue weighted by atomic mass is 35.5. The fourth-order valence-corrected chi connectivity index (χ4v) is 1.91. The van der Waals surface area contributed by atoms with E-state index in [2.05, 4.69) is 4.98 Å². The van der Waals surface area contributed by atoms with E-state index in [1.807, 2.05) is 17.7 Å². The molecule has 0 radical (unpaired) electrons. The zero-order valence-electron chi connectivity index (χ0n) is 9.45. The predicted octanol–water partition coefficient (Wildman–Crippen LogP) is 2.49. The topological polar surface area (TPSA) is 43.8 Å². The van der Waals surface area contributed by atoms with Gasteiger partial charge in [0.05, 0.1) is 12.2 Å². The predicted molar refractivity (Wildman–Crippen MR) is 65.4 cm³/mol. The number of aromatic nitrogens is 2. The Kier molecular flexibility index (Phi) is 3.45. The summed E-state index contributed by atoms with van der Waals surface area (Å²) in [7, 11) is 0. The van der Waals surface area contributed by atoms with Crippen molar-refractivity contribution in [3.8, 4) is 0 Å². The molecule has 0 aliphatic carbocycles. The maximum absolute atomic E-state index is 13.6. The lowest BCUT2D eigenvalue weighted by molar-refractivity contribution is 0.597. The van der Waals surface area contributed by atoms with Crippen LogP contribution >= 0.6 is 11.6 Å². The van der Waals surface area contributed by atoms with Gasteiger partial charge in [-0.1, -0.05) is 17.7 Å². The second kappa shape index (κ2) is 4.85. The van der Waals surface area contributed by atoms with E-state index in [9.17, 15) is 4.39 Å². The van der Waals surface area contributed by atoms with Crippen molar-refractivity contribution in [3.63, 3.8) is 0 Å². The highest BCUT2D eigenvalue weighted by Crippen LogP contribution is 2.20. The van der Waals surface area contributed by atoms with E-state index < -0.39 is 0 Å². The molecule has 0 aliphatic heterocycles. The summed E-state index contributed by atoms with van der Waals surface area (Å²) in [6.07, 6.45) is 1.82. The van der Waals surface area contributed by atoms with E-state index in [1.165, 1.54) is 6.07 Å². The number of nitrogens with zero attached hydrogens (tertiary/aromatic N) is 2. The van der Waals surface area contributed by atoms with Crippen molar-refractivity contribution in [2.75, 3.05) is 0 Å². The van der Waals surface area contributed by atoms with E-state index >= 15 is 0 Å². The molecule has 0 aliphatic rings. The van der Waals surface area contributed by atoms with Gasteiger partial charge in [0.1, 0.15) is 11.6 Å². The van der Waals surface area contributed by atoms with Crippen molar-refractivity contribution in [2.45, 2.75) is 20.0 Å². The molecular formula is C12H13ClFN3. The van der Waals surface area contributed by atoms with Crippen LogP contribution in [0, 0.1) is 12.7 Å². The minimum Gasteiger partial charge on any atom is -0.330 e. The molecule has 0 spiro atoms. The monoisotopic (exact) mass is 253 g/mol. The molecule has 0 saturated heterocycles. The SMILES string of the molecule is Cc1nc(CN)cn1Cc1c(F)cccc1Cl. The molecule has 0 amide bonds. The summed E-state index contributed by atoms with van der Waals surface area (Å²) in [5, 5.41) is 0.424. The van der Waals surface area contributed by atoms with Crippen LogP contribution in [0.5, 0.6) is 0 Å². The summed E-state index contributed by atoms with van der Waals surface area (Å²) < 4.78 is 15.5. The average Bonchev–Trinajstić information content (AvgIpc) is 2.65. The van der Waals surface area contributed by atoms with Gasteiger partial charge in [0, 0.05) is 23.3 Å². The van der Waals surface area contributed by atoms with Crippen LogP contribution in [0.1, 0.15) is 17.1 Å². The molecule has 3 nitrogen and oxygen atoms in total. The van der Waals surface area contributed by atoms with E-state index in [4.69, 9.17) is 17.3 Å². The maximum atomic E-state index is 13.6. The van der Waals surface area contributed by atoms with Crippen molar-refractivity contribution in [1.82, 2.24) is 9.55 Å². The van der Waals surface area contributed by atoms with E-state index in [0.29, 0.717) is 23.7 Å². The third-order valence-electron chi connectivity index (χ3n) is 2.63. The number of rotatable bonds is 3. The van der Waals surface area contributed by atoms with Crippen LogP contribution in [-0.2, 0) is 13.1 Å². The second-order valence-corrected chi connectivity index (χ2v) is 4.22. The molecule has 2 rings (SSSR count). The molecule has 2 aromatic rings. The molecule has 17 heavy (non-hydrogen) atoms. The van der Waals surface area contributed by atoms with E-state index in [0.717, 1.165) is 11.5 Å². The van der Waals surface area contributed by atoms with Gasteiger partial charge in [-0.2, -0.15) is 0 Å². The Labute approximate surface area is 104 Å². The normalized spacial score (nSPS) is 10.8. The van der Waals surface area contributed by atoms with Crippen LogP contribution in [0.4, 0.5) is 4.39 Å². The standard InChI is InChI=1S/C12H13ClFN3/c1-8-16-9(5-15)6-17(8)7-10-11(13)3-2-4-12(10)14/h2-4,6H,5,7,15H2,1H3. The lowest BCUT2D eigenvalue weighted by atomic mass is 10.2. The molecule has 1 heterocycles. The summed E-state index contributed by atoms with van der Waals surface area (Å²) in [5.74, 6) is 0.490. The molecule has 5 heteroatoms. The molecule has 0 saturated carbocycles. The summed E-state index contributed by atoms with van der Waals surface area (Å²) in [4.78, 5) is 4.26.